The lowest BCUT2D eigenvalue weighted by Gasteiger charge is -2.05. The molecule has 94 valence electrons. The number of aromatic nitrogens is 4. The van der Waals surface area contributed by atoms with E-state index in [0.717, 1.165) is 0 Å². The van der Waals surface area contributed by atoms with Crippen molar-refractivity contribution in [1.82, 2.24) is 20.2 Å². The molecule has 0 saturated heterocycles. The number of hydrogen-bond donors (Lipinski definition) is 3. The van der Waals surface area contributed by atoms with E-state index < -0.39 is 0 Å². The average Bonchev–Trinajstić information content (AvgIpc) is 2.92. The molecule has 2 aromatic heterocycles. The quantitative estimate of drug-likeness (QED) is 0.632. The number of carbonyl (C=O) groups is 1. The number of fused-ring (bicyclic) bond motifs is 1. The summed E-state index contributed by atoms with van der Waals surface area (Å²) in [6, 6.07) is 6.90. The predicted octanol–water partition coefficient (Wildman–Crippen LogP) is 0.898. The van der Waals surface area contributed by atoms with Crippen LogP contribution >= 0.6 is 0 Å². The van der Waals surface area contributed by atoms with Crippen molar-refractivity contribution >= 4 is 22.6 Å². The molecule has 1 amide bonds. The summed E-state index contributed by atoms with van der Waals surface area (Å²) in [5.41, 5.74) is 0.137. The van der Waals surface area contributed by atoms with Gasteiger partial charge in [-0.05, 0) is 6.07 Å². The summed E-state index contributed by atoms with van der Waals surface area (Å²) in [5.74, 6) is -0.121. The van der Waals surface area contributed by atoms with Crippen LogP contribution in [0.5, 0.6) is 0 Å². The van der Waals surface area contributed by atoms with Crippen LogP contribution in [-0.2, 0) is 0 Å². The van der Waals surface area contributed by atoms with Crippen molar-refractivity contribution in [2.45, 2.75) is 0 Å². The first kappa shape index (κ1) is 11.1. The zero-order chi connectivity index (χ0) is 13.2. The molecule has 0 radical (unpaired) electrons. The van der Waals surface area contributed by atoms with E-state index in [9.17, 15) is 9.59 Å². The van der Waals surface area contributed by atoms with Gasteiger partial charge in [0.25, 0.3) is 11.5 Å². The summed E-state index contributed by atoms with van der Waals surface area (Å²) in [4.78, 5) is 30.1. The van der Waals surface area contributed by atoms with Crippen LogP contribution in [0.3, 0.4) is 0 Å². The molecule has 0 aliphatic rings. The molecule has 0 aliphatic carbocycles. The maximum atomic E-state index is 12.1. The minimum Gasteiger partial charge on any atom is -0.328 e. The molecule has 0 spiro atoms. The summed E-state index contributed by atoms with van der Waals surface area (Å²) >= 11 is 0. The standard InChI is InChI=1S/C12H9N5O2/c18-10-8-4-2-1-3-7(8)9(5-13-10)11(19)16-12-14-6-15-17-12/h1-6H,(H,13,18)(H2,14,15,16,17,19). The van der Waals surface area contributed by atoms with Crippen LogP contribution in [0.2, 0.25) is 0 Å². The molecule has 0 fully saturated rings. The fraction of sp³-hybridized carbons (Fsp3) is 0. The topological polar surface area (TPSA) is 104 Å². The molecule has 0 unspecified atom stereocenters. The van der Waals surface area contributed by atoms with E-state index in [1.54, 1.807) is 24.3 Å². The molecular formula is C12H9N5O2. The van der Waals surface area contributed by atoms with Gasteiger partial charge in [0.15, 0.2) is 0 Å². The molecule has 0 saturated carbocycles. The Morgan fingerprint density at radius 2 is 2.00 bits per heavy atom. The van der Waals surface area contributed by atoms with E-state index in [1.165, 1.54) is 12.5 Å². The van der Waals surface area contributed by atoms with Crippen molar-refractivity contribution < 1.29 is 4.79 Å². The minimum absolute atomic E-state index is 0.230. The number of amides is 1. The number of pyridine rings is 1. The maximum Gasteiger partial charge on any atom is 0.260 e. The van der Waals surface area contributed by atoms with Crippen LogP contribution in [0, 0.1) is 0 Å². The van der Waals surface area contributed by atoms with E-state index in [4.69, 9.17) is 0 Å². The van der Waals surface area contributed by atoms with Crippen molar-refractivity contribution in [3.05, 3.63) is 52.7 Å². The lowest BCUT2D eigenvalue weighted by Crippen LogP contribution is -2.16. The average molecular weight is 255 g/mol. The molecule has 19 heavy (non-hydrogen) atoms. The number of nitrogens with one attached hydrogen (secondary N) is 3. The van der Waals surface area contributed by atoms with Crippen molar-refractivity contribution in [2.24, 2.45) is 0 Å². The van der Waals surface area contributed by atoms with Gasteiger partial charge in [-0.2, -0.15) is 10.1 Å². The fourth-order valence-electron chi connectivity index (χ4n) is 1.84. The summed E-state index contributed by atoms with van der Waals surface area (Å²) in [6.45, 7) is 0. The normalized spacial score (nSPS) is 10.5. The number of benzene rings is 1. The molecule has 2 heterocycles. The highest BCUT2D eigenvalue weighted by atomic mass is 16.2. The predicted molar refractivity (Wildman–Crippen MR) is 68.9 cm³/mol. The molecule has 7 heteroatoms. The van der Waals surface area contributed by atoms with E-state index in [1.807, 2.05) is 0 Å². The van der Waals surface area contributed by atoms with Crippen LogP contribution in [0.1, 0.15) is 10.4 Å². The minimum atomic E-state index is -0.371. The van der Waals surface area contributed by atoms with Gasteiger partial charge in [-0.25, -0.2) is 5.10 Å². The summed E-state index contributed by atoms with van der Waals surface area (Å²) < 4.78 is 0. The lowest BCUT2D eigenvalue weighted by atomic mass is 10.1. The fourth-order valence-corrected chi connectivity index (χ4v) is 1.84. The summed E-state index contributed by atoms with van der Waals surface area (Å²) in [7, 11) is 0. The zero-order valence-corrected chi connectivity index (χ0v) is 9.68. The van der Waals surface area contributed by atoms with E-state index in [-0.39, 0.29) is 17.4 Å². The largest absolute Gasteiger partial charge is 0.328 e. The van der Waals surface area contributed by atoms with Crippen LogP contribution in [0.15, 0.2) is 41.6 Å². The molecule has 3 N–H and O–H groups in total. The monoisotopic (exact) mass is 255 g/mol. The number of nitrogens with zero attached hydrogens (tertiary/aromatic N) is 2. The van der Waals surface area contributed by atoms with Gasteiger partial charge in [0.05, 0.1) is 5.56 Å². The van der Waals surface area contributed by atoms with Gasteiger partial charge in [-0.15, -0.1) is 0 Å². The molecule has 1 aromatic carbocycles. The Morgan fingerprint density at radius 3 is 2.74 bits per heavy atom. The number of carbonyl (C=O) groups excluding carboxylic acids is 1. The van der Waals surface area contributed by atoms with Gasteiger partial charge >= 0.3 is 0 Å². The Hall–Kier alpha value is -2.96. The first-order valence-electron chi connectivity index (χ1n) is 5.53. The lowest BCUT2D eigenvalue weighted by molar-refractivity contribution is 0.102. The maximum absolute atomic E-state index is 12.1. The highest BCUT2D eigenvalue weighted by Crippen LogP contribution is 2.15. The number of rotatable bonds is 2. The second-order valence-corrected chi connectivity index (χ2v) is 3.87. The number of aromatic amines is 2. The van der Waals surface area contributed by atoms with E-state index in [0.29, 0.717) is 16.3 Å². The number of hydrogen-bond acceptors (Lipinski definition) is 4. The van der Waals surface area contributed by atoms with Crippen molar-refractivity contribution in [2.75, 3.05) is 5.32 Å². The molecular weight excluding hydrogens is 246 g/mol. The van der Waals surface area contributed by atoms with Crippen molar-refractivity contribution in [1.29, 1.82) is 0 Å². The highest BCUT2D eigenvalue weighted by Gasteiger charge is 2.12. The molecule has 3 aromatic rings. The Kier molecular flexibility index (Phi) is 2.57. The van der Waals surface area contributed by atoms with E-state index in [2.05, 4.69) is 25.5 Å². The van der Waals surface area contributed by atoms with Gasteiger partial charge < -0.3 is 4.98 Å². The van der Waals surface area contributed by atoms with Crippen LogP contribution in [-0.4, -0.2) is 26.1 Å². The SMILES string of the molecule is O=C(Nc1ncn[nH]1)c1c[nH]c(=O)c2ccccc12. The van der Waals surface area contributed by atoms with Gasteiger partial charge in [-0.3, -0.25) is 14.9 Å². The number of H-pyrrole nitrogens is 2. The van der Waals surface area contributed by atoms with Gasteiger partial charge in [-0.1, -0.05) is 18.2 Å². The Balaban J connectivity index is 2.08. The molecule has 3 rings (SSSR count). The first-order valence-corrected chi connectivity index (χ1v) is 5.53. The molecule has 0 bridgehead atoms. The summed E-state index contributed by atoms with van der Waals surface area (Å²) in [5, 5.41) is 9.78. The Bertz CT molecular complexity index is 791. The third-order valence-electron chi connectivity index (χ3n) is 2.70. The molecule has 0 aliphatic heterocycles. The second-order valence-electron chi connectivity index (χ2n) is 3.87. The van der Waals surface area contributed by atoms with Crippen molar-refractivity contribution in [3.8, 4) is 0 Å². The smallest absolute Gasteiger partial charge is 0.260 e. The first-order chi connectivity index (χ1) is 9.25. The van der Waals surface area contributed by atoms with Crippen molar-refractivity contribution in [3.63, 3.8) is 0 Å². The highest BCUT2D eigenvalue weighted by molar-refractivity contribution is 6.11. The third-order valence-corrected chi connectivity index (χ3v) is 2.70. The zero-order valence-electron chi connectivity index (χ0n) is 9.68. The third kappa shape index (κ3) is 1.97. The van der Waals surface area contributed by atoms with Crippen LogP contribution in [0.25, 0.3) is 10.8 Å². The van der Waals surface area contributed by atoms with E-state index >= 15 is 0 Å². The van der Waals surface area contributed by atoms with Crippen LogP contribution in [0.4, 0.5) is 5.95 Å². The Labute approximate surface area is 106 Å². The molecule has 0 atom stereocenters. The summed E-state index contributed by atoms with van der Waals surface area (Å²) in [6.07, 6.45) is 2.68. The Morgan fingerprint density at radius 1 is 1.21 bits per heavy atom. The van der Waals surface area contributed by atoms with Gasteiger partial charge in [0.1, 0.15) is 6.33 Å². The van der Waals surface area contributed by atoms with Gasteiger partial charge in [0.2, 0.25) is 5.95 Å². The van der Waals surface area contributed by atoms with Gasteiger partial charge in [0, 0.05) is 17.0 Å². The number of anilines is 1. The second kappa shape index (κ2) is 4.37. The van der Waals surface area contributed by atoms with Crippen LogP contribution < -0.4 is 10.9 Å². The molecule has 7 nitrogen and oxygen atoms in total.